The second kappa shape index (κ2) is 11.6. The molecule has 4 aliphatic rings. The van der Waals surface area contributed by atoms with Gasteiger partial charge in [-0.25, -0.2) is 9.59 Å². The van der Waals surface area contributed by atoms with Gasteiger partial charge in [0, 0.05) is 17.3 Å². The van der Waals surface area contributed by atoms with E-state index in [1.807, 2.05) is 50.2 Å². The number of hydrogen-bond acceptors (Lipinski definition) is 7. The maximum absolute atomic E-state index is 13.1. The van der Waals surface area contributed by atoms with Gasteiger partial charge >= 0.3 is 11.9 Å². The maximum Gasteiger partial charge on any atom is 0.338 e. The van der Waals surface area contributed by atoms with Gasteiger partial charge in [0.1, 0.15) is 12.2 Å². The Bertz CT molecular complexity index is 1340. The van der Waals surface area contributed by atoms with Gasteiger partial charge in [-0.2, -0.15) is 0 Å². The van der Waals surface area contributed by atoms with Gasteiger partial charge in [-0.15, -0.1) is 0 Å². The summed E-state index contributed by atoms with van der Waals surface area (Å²) in [6.45, 7) is 12.1. The highest BCUT2D eigenvalue weighted by molar-refractivity contribution is 5.89. The summed E-state index contributed by atoms with van der Waals surface area (Å²) in [5, 5.41) is 0. The van der Waals surface area contributed by atoms with Gasteiger partial charge in [0.2, 0.25) is 0 Å². The van der Waals surface area contributed by atoms with Crippen molar-refractivity contribution in [1.82, 2.24) is 0 Å². The molecule has 0 aromatic heterocycles. The molecule has 2 saturated heterocycles. The molecule has 238 valence electrons. The third-order valence-electron chi connectivity index (χ3n) is 11.7. The van der Waals surface area contributed by atoms with E-state index in [1.165, 1.54) is 0 Å². The number of benzene rings is 2. The van der Waals surface area contributed by atoms with Crippen molar-refractivity contribution >= 4 is 11.9 Å². The molecule has 2 aromatic rings. The molecule has 0 bridgehead atoms. The van der Waals surface area contributed by atoms with Gasteiger partial charge in [-0.05, 0) is 88.5 Å². The first-order chi connectivity index (χ1) is 20.9. The van der Waals surface area contributed by atoms with E-state index in [1.54, 1.807) is 24.3 Å². The number of carbonyl (C=O) groups is 2. The first kappa shape index (κ1) is 31.3. The van der Waals surface area contributed by atoms with Crippen LogP contribution in [0.5, 0.6) is 0 Å². The quantitative estimate of drug-likeness (QED) is 0.305. The van der Waals surface area contributed by atoms with Crippen LogP contribution in [-0.4, -0.2) is 54.9 Å². The largest absolute Gasteiger partial charge is 0.462 e. The molecular formula is C37H48O7. The number of ether oxygens (including phenoxy) is 5. The molecule has 6 rings (SSSR count). The minimum Gasteiger partial charge on any atom is -0.462 e. The second-order valence-electron chi connectivity index (χ2n) is 14.7. The topological polar surface area (TPSA) is 80.3 Å². The van der Waals surface area contributed by atoms with E-state index in [2.05, 4.69) is 20.8 Å². The smallest absolute Gasteiger partial charge is 0.338 e. The van der Waals surface area contributed by atoms with Crippen molar-refractivity contribution in [3.63, 3.8) is 0 Å². The molecule has 1 unspecified atom stereocenters. The molecule has 7 heteroatoms. The van der Waals surface area contributed by atoms with Crippen molar-refractivity contribution in [3.8, 4) is 0 Å². The van der Waals surface area contributed by atoms with Crippen LogP contribution in [0.4, 0.5) is 0 Å². The van der Waals surface area contributed by atoms with E-state index in [0.29, 0.717) is 36.0 Å². The minimum absolute atomic E-state index is 0.110. The van der Waals surface area contributed by atoms with Gasteiger partial charge in [0.25, 0.3) is 0 Å². The summed E-state index contributed by atoms with van der Waals surface area (Å²) < 4.78 is 32.0. The minimum atomic E-state index is -0.764. The van der Waals surface area contributed by atoms with E-state index in [0.717, 1.165) is 38.5 Å². The lowest BCUT2D eigenvalue weighted by Crippen LogP contribution is -2.69. The Hall–Kier alpha value is -2.74. The second-order valence-corrected chi connectivity index (χ2v) is 14.7. The fraction of sp³-hybridized carbons (Fsp3) is 0.622. The fourth-order valence-corrected chi connectivity index (χ4v) is 9.19. The van der Waals surface area contributed by atoms with Gasteiger partial charge < -0.3 is 23.7 Å². The zero-order chi connectivity index (χ0) is 31.2. The number of carbonyl (C=O) groups excluding carboxylic acids is 2. The monoisotopic (exact) mass is 604 g/mol. The Morgan fingerprint density at radius 3 is 2.11 bits per heavy atom. The number of hydrogen-bond donors (Lipinski definition) is 0. The first-order valence-electron chi connectivity index (χ1n) is 16.4. The van der Waals surface area contributed by atoms with Crippen LogP contribution in [0.15, 0.2) is 60.7 Å². The number of esters is 2. The molecule has 7 nitrogen and oxygen atoms in total. The van der Waals surface area contributed by atoms with E-state index in [4.69, 9.17) is 23.7 Å². The Labute approximate surface area is 261 Å². The molecule has 1 spiro atoms. The molecular weight excluding hydrogens is 556 g/mol. The summed E-state index contributed by atoms with van der Waals surface area (Å²) in [6, 6.07) is 18.1. The Morgan fingerprint density at radius 1 is 0.818 bits per heavy atom. The molecule has 0 radical (unpaired) electrons. The van der Waals surface area contributed by atoms with Crippen molar-refractivity contribution in [2.24, 2.45) is 22.7 Å². The zero-order valence-corrected chi connectivity index (χ0v) is 26.9. The summed E-state index contributed by atoms with van der Waals surface area (Å²) in [4.78, 5) is 25.9. The predicted octanol–water partition coefficient (Wildman–Crippen LogP) is 7.38. The standard InChI is InChI=1S/C37H48O7/c1-26-16-17-29-34(4)24-42-33(2,3)43-30(34)18-19-35(29,5)37(26)21-20-36(44-37,25-41-32(39)28-14-10-7-11-15-28)22-23-40-31(38)27-12-8-6-9-13-27/h6-15,26,29-30H,16-25H2,1-5H3/t26-,29?,30+,34+,35+,36+,37-/m1/s1. The van der Waals surface area contributed by atoms with Crippen molar-refractivity contribution in [2.45, 2.75) is 103 Å². The van der Waals surface area contributed by atoms with Gasteiger partial charge in [-0.3, -0.25) is 0 Å². The molecule has 2 saturated carbocycles. The van der Waals surface area contributed by atoms with Crippen LogP contribution in [0.1, 0.15) is 100 Å². The first-order valence-corrected chi connectivity index (χ1v) is 16.4. The highest BCUT2D eigenvalue weighted by Gasteiger charge is 2.70. The Morgan fingerprint density at radius 2 is 1.45 bits per heavy atom. The maximum atomic E-state index is 13.1. The number of rotatable bonds is 7. The third kappa shape index (κ3) is 5.39. The van der Waals surface area contributed by atoms with Crippen molar-refractivity contribution in [2.75, 3.05) is 19.8 Å². The normalized spacial score (nSPS) is 37.5. The van der Waals surface area contributed by atoms with Crippen molar-refractivity contribution in [3.05, 3.63) is 71.8 Å². The average Bonchev–Trinajstić information content (AvgIpc) is 3.41. The van der Waals surface area contributed by atoms with Crippen LogP contribution in [0.2, 0.25) is 0 Å². The fourth-order valence-electron chi connectivity index (χ4n) is 9.19. The third-order valence-corrected chi connectivity index (χ3v) is 11.7. The number of fused-ring (bicyclic) bond motifs is 4. The van der Waals surface area contributed by atoms with Crippen molar-refractivity contribution < 1.29 is 33.3 Å². The summed E-state index contributed by atoms with van der Waals surface area (Å²) in [7, 11) is 0. The van der Waals surface area contributed by atoms with Crippen LogP contribution < -0.4 is 0 Å². The van der Waals surface area contributed by atoms with Crippen LogP contribution >= 0.6 is 0 Å². The van der Waals surface area contributed by atoms with Gasteiger partial charge in [0.15, 0.2) is 5.79 Å². The van der Waals surface area contributed by atoms with Crippen molar-refractivity contribution in [1.29, 1.82) is 0 Å². The average molecular weight is 605 g/mol. The lowest BCUT2D eigenvalue weighted by Gasteiger charge is -2.67. The summed E-state index contributed by atoms with van der Waals surface area (Å²) in [6.07, 6.45) is 6.30. The van der Waals surface area contributed by atoms with E-state index < -0.39 is 17.0 Å². The molecule has 44 heavy (non-hydrogen) atoms. The molecule has 2 heterocycles. The van der Waals surface area contributed by atoms with Crippen LogP contribution in [0, 0.1) is 22.7 Å². The van der Waals surface area contributed by atoms with E-state index in [9.17, 15) is 9.59 Å². The lowest BCUT2D eigenvalue weighted by molar-refractivity contribution is -0.359. The lowest BCUT2D eigenvalue weighted by atomic mass is 9.43. The highest BCUT2D eigenvalue weighted by Crippen LogP contribution is 2.69. The molecule has 0 N–H and O–H groups in total. The van der Waals surface area contributed by atoms with Gasteiger partial charge in [0.05, 0.1) is 36.0 Å². The van der Waals surface area contributed by atoms with E-state index in [-0.39, 0.29) is 42.1 Å². The molecule has 7 atom stereocenters. The summed E-state index contributed by atoms with van der Waals surface area (Å²) in [5.74, 6) is -0.622. The van der Waals surface area contributed by atoms with Gasteiger partial charge in [-0.1, -0.05) is 57.2 Å². The molecule has 0 amide bonds. The Balaban J connectivity index is 1.26. The van der Waals surface area contributed by atoms with Crippen LogP contribution in [-0.2, 0) is 23.7 Å². The Kier molecular flexibility index (Phi) is 8.21. The summed E-state index contributed by atoms with van der Waals surface area (Å²) >= 11 is 0. The van der Waals surface area contributed by atoms with Crippen LogP contribution in [0.25, 0.3) is 0 Å². The highest BCUT2D eigenvalue weighted by atomic mass is 16.7. The molecule has 2 aromatic carbocycles. The predicted molar refractivity (Wildman–Crippen MR) is 166 cm³/mol. The molecule has 4 fully saturated rings. The molecule has 2 aliphatic carbocycles. The molecule has 2 aliphatic heterocycles. The van der Waals surface area contributed by atoms with E-state index >= 15 is 0 Å². The SMILES string of the molecule is C[C@@H]1CCC2[C@]3(C)COC(C)(C)O[C@H]3CC[C@]2(C)[C@@]12CC[C@](CCOC(=O)c1ccccc1)(COC(=O)c1ccccc1)O2. The summed E-state index contributed by atoms with van der Waals surface area (Å²) in [5.41, 5.74) is -0.373. The zero-order valence-electron chi connectivity index (χ0n) is 26.9. The van der Waals surface area contributed by atoms with Crippen LogP contribution in [0.3, 0.4) is 0 Å².